The maximum atomic E-state index is 13.5. The summed E-state index contributed by atoms with van der Waals surface area (Å²) < 4.78 is 5.78. The molecule has 1 atom stereocenters. The summed E-state index contributed by atoms with van der Waals surface area (Å²) in [5.41, 5.74) is 7.98. The van der Waals surface area contributed by atoms with Gasteiger partial charge in [-0.1, -0.05) is 57.5 Å². The van der Waals surface area contributed by atoms with Crippen LogP contribution in [0.4, 0.5) is 5.00 Å². The van der Waals surface area contributed by atoms with Crippen molar-refractivity contribution in [2.45, 2.75) is 53.4 Å². The summed E-state index contributed by atoms with van der Waals surface area (Å²) in [5, 5.41) is 5.33. The molecular weight excluding hydrogens is 432 g/mol. The van der Waals surface area contributed by atoms with E-state index in [1.165, 1.54) is 16.2 Å². The number of rotatable bonds is 7. The molecule has 0 fully saturated rings. The van der Waals surface area contributed by atoms with Gasteiger partial charge in [0.05, 0.1) is 17.7 Å². The van der Waals surface area contributed by atoms with Crippen LogP contribution in [0, 0.1) is 11.3 Å². The van der Waals surface area contributed by atoms with Gasteiger partial charge < -0.3 is 15.8 Å². The molecule has 0 saturated heterocycles. The lowest BCUT2D eigenvalue weighted by Gasteiger charge is -2.36. The Morgan fingerprint density at radius 2 is 1.91 bits per heavy atom. The lowest BCUT2D eigenvalue weighted by Crippen LogP contribution is -2.29. The van der Waals surface area contributed by atoms with Gasteiger partial charge in [0.2, 0.25) is 0 Å². The standard InChI is InChI=1S/C27H32N2O3S/c1-5-27(3,4)17-12-13-19-21(15-17)33-26(23(19)24(28)30)29-25(31)22-18-10-8-7-9-16(18)11-14-20(22)32-6-2/h7-11,14,17H,5-6,12-13,15H2,1-4H3,(H2,28,30)(H,29,31)/t17-/m1/s1. The number of amides is 2. The Balaban J connectivity index is 1.73. The summed E-state index contributed by atoms with van der Waals surface area (Å²) >= 11 is 1.49. The lowest BCUT2D eigenvalue weighted by atomic mass is 9.69. The van der Waals surface area contributed by atoms with Crippen molar-refractivity contribution in [2.24, 2.45) is 17.1 Å². The smallest absolute Gasteiger partial charge is 0.260 e. The third-order valence-electron chi connectivity index (χ3n) is 7.17. The third kappa shape index (κ3) is 4.36. The number of nitrogens with two attached hydrogens (primary N) is 1. The molecule has 0 saturated carbocycles. The van der Waals surface area contributed by atoms with Crippen LogP contribution in [0.15, 0.2) is 36.4 Å². The molecule has 1 heterocycles. The van der Waals surface area contributed by atoms with Gasteiger partial charge in [0, 0.05) is 4.88 Å². The first-order valence-corrected chi connectivity index (χ1v) is 12.5. The van der Waals surface area contributed by atoms with E-state index in [-0.39, 0.29) is 11.3 Å². The fraction of sp³-hybridized carbons (Fsp3) is 0.407. The highest BCUT2D eigenvalue weighted by molar-refractivity contribution is 7.17. The van der Waals surface area contributed by atoms with Crippen molar-refractivity contribution in [3.05, 3.63) is 58.0 Å². The molecule has 5 nitrogen and oxygen atoms in total. The summed E-state index contributed by atoms with van der Waals surface area (Å²) in [4.78, 5) is 27.2. The Bertz CT molecular complexity index is 1210. The number of primary amides is 1. The van der Waals surface area contributed by atoms with E-state index in [2.05, 4.69) is 26.1 Å². The third-order valence-corrected chi connectivity index (χ3v) is 8.34. The molecular formula is C27H32N2O3S. The monoisotopic (exact) mass is 464 g/mol. The van der Waals surface area contributed by atoms with Crippen LogP contribution >= 0.6 is 11.3 Å². The van der Waals surface area contributed by atoms with Gasteiger partial charge >= 0.3 is 0 Å². The number of ether oxygens (including phenoxy) is 1. The van der Waals surface area contributed by atoms with Gasteiger partial charge in [0.1, 0.15) is 10.8 Å². The molecule has 3 N–H and O–H groups in total. The van der Waals surface area contributed by atoms with Crippen molar-refractivity contribution in [3.63, 3.8) is 0 Å². The first kappa shape index (κ1) is 23.3. The number of carbonyl (C=O) groups is 2. The van der Waals surface area contributed by atoms with E-state index in [1.54, 1.807) is 0 Å². The molecule has 174 valence electrons. The van der Waals surface area contributed by atoms with E-state index >= 15 is 0 Å². The minimum absolute atomic E-state index is 0.229. The van der Waals surface area contributed by atoms with E-state index in [0.717, 1.165) is 42.0 Å². The molecule has 1 aliphatic carbocycles. The van der Waals surface area contributed by atoms with E-state index < -0.39 is 5.91 Å². The molecule has 33 heavy (non-hydrogen) atoms. The average Bonchev–Trinajstić information content (AvgIpc) is 3.16. The number of nitrogens with one attached hydrogen (secondary N) is 1. The number of hydrogen-bond acceptors (Lipinski definition) is 4. The number of anilines is 1. The highest BCUT2D eigenvalue weighted by atomic mass is 32.1. The van der Waals surface area contributed by atoms with Crippen LogP contribution in [-0.2, 0) is 12.8 Å². The second-order valence-corrected chi connectivity index (χ2v) is 10.5. The van der Waals surface area contributed by atoms with Crippen LogP contribution < -0.4 is 15.8 Å². The summed E-state index contributed by atoms with van der Waals surface area (Å²) in [6.45, 7) is 9.19. The molecule has 3 aromatic rings. The largest absolute Gasteiger partial charge is 0.493 e. The van der Waals surface area contributed by atoms with E-state index in [1.807, 2.05) is 43.3 Å². The normalized spacial score (nSPS) is 15.8. The molecule has 0 bridgehead atoms. The molecule has 0 radical (unpaired) electrons. The first-order valence-electron chi connectivity index (χ1n) is 11.7. The topological polar surface area (TPSA) is 81.4 Å². The van der Waals surface area contributed by atoms with Crippen LogP contribution in [0.5, 0.6) is 5.75 Å². The minimum atomic E-state index is -0.487. The zero-order chi connectivity index (χ0) is 23.8. The predicted octanol–water partition coefficient (Wildman–Crippen LogP) is 6.19. The van der Waals surface area contributed by atoms with Crippen molar-refractivity contribution in [2.75, 3.05) is 11.9 Å². The number of thiophene rings is 1. The maximum Gasteiger partial charge on any atom is 0.260 e. The van der Waals surface area contributed by atoms with Gasteiger partial charge in [-0.25, -0.2) is 0 Å². The Labute approximate surface area is 199 Å². The zero-order valence-electron chi connectivity index (χ0n) is 19.8. The fourth-order valence-corrected chi connectivity index (χ4v) is 6.15. The van der Waals surface area contributed by atoms with Crippen molar-refractivity contribution in [1.29, 1.82) is 0 Å². The molecule has 0 unspecified atom stereocenters. The van der Waals surface area contributed by atoms with Crippen LogP contribution in [0.1, 0.15) is 71.7 Å². The Morgan fingerprint density at radius 3 is 2.61 bits per heavy atom. The van der Waals surface area contributed by atoms with Gasteiger partial charge in [-0.3, -0.25) is 9.59 Å². The number of benzene rings is 2. The summed E-state index contributed by atoms with van der Waals surface area (Å²) in [5.74, 6) is 0.293. The van der Waals surface area contributed by atoms with Crippen LogP contribution in [0.25, 0.3) is 10.8 Å². The lowest BCUT2D eigenvalue weighted by molar-refractivity contribution is 0.0999. The number of carbonyl (C=O) groups excluding carboxylic acids is 2. The summed E-state index contributed by atoms with van der Waals surface area (Å²) in [7, 11) is 0. The quantitative estimate of drug-likeness (QED) is 0.437. The van der Waals surface area contributed by atoms with Crippen molar-refractivity contribution >= 4 is 38.9 Å². The maximum absolute atomic E-state index is 13.5. The molecule has 2 aromatic carbocycles. The second-order valence-electron chi connectivity index (χ2n) is 9.40. The van der Waals surface area contributed by atoms with E-state index in [9.17, 15) is 9.59 Å². The van der Waals surface area contributed by atoms with Crippen molar-refractivity contribution in [3.8, 4) is 5.75 Å². The van der Waals surface area contributed by atoms with Gasteiger partial charge in [0.15, 0.2) is 0 Å². The molecule has 2 amide bonds. The van der Waals surface area contributed by atoms with Gasteiger partial charge in [-0.05, 0) is 59.9 Å². The van der Waals surface area contributed by atoms with Crippen molar-refractivity contribution in [1.82, 2.24) is 0 Å². The molecule has 6 heteroatoms. The Hall–Kier alpha value is -2.86. The highest BCUT2D eigenvalue weighted by Crippen LogP contribution is 2.45. The van der Waals surface area contributed by atoms with Crippen LogP contribution in [-0.4, -0.2) is 18.4 Å². The Morgan fingerprint density at radius 1 is 1.15 bits per heavy atom. The number of hydrogen-bond donors (Lipinski definition) is 2. The highest BCUT2D eigenvalue weighted by Gasteiger charge is 2.35. The second kappa shape index (κ2) is 9.18. The van der Waals surface area contributed by atoms with Gasteiger partial charge in [0.25, 0.3) is 11.8 Å². The minimum Gasteiger partial charge on any atom is -0.493 e. The molecule has 4 rings (SSSR count). The molecule has 0 spiro atoms. The van der Waals surface area contributed by atoms with E-state index in [0.29, 0.717) is 34.4 Å². The molecule has 0 aliphatic heterocycles. The molecule has 1 aliphatic rings. The van der Waals surface area contributed by atoms with Gasteiger partial charge in [-0.15, -0.1) is 11.3 Å². The number of fused-ring (bicyclic) bond motifs is 2. The fourth-order valence-electron chi connectivity index (χ4n) is 4.82. The SMILES string of the molecule is CCOc1ccc2ccccc2c1C(=O)Nc1sc2c(c1C(N)=O)CC[C@@H](C(C)(C)CC)C2. The summed E-state index contributed by atoms with van der Waals surface area (Å²) in [6.07, 6.45) is 3.85. The first-order chi connectivity index (χ1) is 15.8. The van der Waals surface area contributed by atoms with Gasteiger partial charge in [-0.2, -0.15) is 0 Å². The van der Waals surface area contributed by atoms with Crippen LogP contribution in [0.3, 0.4) is 0 Å². The predicted molar refractivity (Wildman–Crippen MR) is 135 cm³/mol. The average molecular weight is 465 g/mol. The Kier molecular flexibility index (Phi) is 6.48. The van der Waals surface area contributed by atoms with E-state index in [4.69, 9.17) is 10.5 Å². The van der Waals surface area contributed by atoms with Crippen LogP contribution in [0.2, 0.25) is 0 Å². The molecule has 1 aromatic heterocycles. The zero-order valence-corrected chi connectivity index (χ0v) is 20.6. The van der Waals surface area contributed by atoms with Crippen molar-refractivity contribution < 1.29 is 14.3 Å². The summed E-state index contributed by atoms with van der Waals surface area (Å²) in [6, 6.07) is 11.5.